The van der Waals surface area contributed by atoms with Gasteiger partial charge in [0.1, 0.15) is 28.1 Å². The lowest BCUT2D eigenvalue weighted by Crippen LogP contribution is -2.49. The topological polar surface area (TPSA) is 345 Å². The van der Waals surface area contributed by atoms with Crippen LogP contribution in [0.1, 0.15) is 153 Å². The highest BCUT2D eigenvalue weighted by Gasteiger charge is 2.52. The molecule has 102 heavy (non-hydrogen) atoms. The Morgan fingerprint density at radius 3 is 1.30 bits per heavy atom. The number of unbranched alkanes of at least 4 members (excludes halogenated alkanes) is 2. The summed E-state index contributed by atoms with van der Waals surface area (Å²) in [5, 5.41) is 30.1. The zero-order valence-corrected chi connectivity index (χ0v) is 62.5. The first-order chi connectivity index (χ1) is 48.3. The quantitative estimate of drug-likeness (QED) is 0.0332. The highest BCUT2D eigenvalue weighted by atomic mass is 16.7. The summed E-state index contributed by atoms with van der Waals surface area (Å²) in [6.45, 7) is 39.5. The van der Waals surface area contributed by atoms with Crippen molar-refractivity contribution in [3.63, 3.8) is 0 Å². The molecule has 11 rings (SSSR count). The molecular formula is C73H109BN20O8. The number of amides is 2. The molecule has 4 aliphatic heterocycles. The van der Waals surface area contributed by atoms with Crippen molar-refractivity contribution >= 4 is 70.4 Å². The highest BCUT2D eigenvalue weighted by molar-refractivity contribution is 6.61. The van der Waals surface area contributed by atoms with Gasteiger partial charge in [-0.25, -0.2) is 29.5 Å². The molecular weight excluding hydrogens is 1300 g/mol. The minimum Gasteiger partial charge on any atom is -0.444 e. The van der Waals surface area contributed by atoms with Crippen LogP contribution in [0.25, 0.3) is 44.3 Å². The third-order valence-electron chi connectivity index (χ3n) is 18.8. The van der Waals surface area contributed by atoms with Gasteiger partial charge < -0.3 is 66.2 Å². The average molecular weight is 1410 g/mol. The van der Waals surface area contributed by atoms with Crippen LogP contribution in [0.2, 0.25) is 0 Å². The number of anilines is 4. The predicted octanol–water partition coefficient (Wildman–Crippen LogP) is 8.33. The number of pyridine rings is 4. The Hall–Kier alpha value is -8.16. The molecule has 7 aromatic heterocycles. The van der Waals surface area contributed by atoms with Gasteiger partial charge in [-0.1, -0.05) is 51.7 Å². The first kappa shape index (κ1) is 78.0. The Morgan fingerprint density at radius 1 is 0.539 bits per heavy atom. The summed E-state index contributed by atoms with van der Waals surface area (Å²) >= 11 is 0. The number of aliphatic hydroxyl groups is 2. The second-order valence-electron chi connectivity index (χ2n) is 30.5. The Morgan fingerprint density at radius 2 is 0.931 bits per heavy atom. The van der Waals surface area contributed by atoms with E-state index in [0.717, 1.165) is 142 Å². The standard InChI is InChI=1S/C29H42N8O3.C24H34N8O.C20H33BN4O4/c1-6-7-10-29(5,19-38)35-25-24-23(33-26(30)34-25)15-21(17-32-24)20-8-9-22(31-16-20)18-36-11-13-37(14-12-36)27(39)40-28(2,3)4;1-3-4-7-24(2,16-33)31-22-21-20(29-23(25)30-22)12-18(14-28-21)17-5-6-19(27-13-17)15-32-10-8-26-9-11-32;1-18(2,3)27-17(26)25-10-8-24(9-11-25)14-16-22-12-15(13-23-16)21-28-19(4,5)20(6,7)29-21/h8-9,15-17,38H,6-7,10-14,18-19H2,1-5H3,(H3,30,33,34,35);5-6,12-14,26,33H,3-4,7-11,15-16H2,1-2H3,(H3,25,29,30,31);12-13H,8-11,14H2,1-7H3. The molecule has 2 unspecified atom stereocenters. The fourth-order valence-electron chi connectivity index (χ4n) is 11.9. The number of hydrogen-bond donors (Lipinski definition) is 7. The van der Waals surface area contributed by atoms with Gasteiger partial charge in [0.05, 0.1) is 64.5 Å². The highest BCUT2D eigenvalue weighted by Crippen LogP contribution is 2.37. The van der Waals surface area contributed by atoms with Crippen molar-refractivity contribution in [2.75, 3.05) is 114 Å². The molecule has 4 aliphatic rings. The van der Waals surface area contributed by atoms with E-state index in [9.17, 15) is 19.8 Å². The van der Waals surface area contributed by atoms with Gasteiger partial charge >= 0.3 is 19.3 Å². The van der Waals surface area contributed by atoms with Crippen LogP contribution in [0.15, 0.2) is 73.6 Å². The SMILES string of the molecule is CC(C)(C)OC(=O)N1CCN(Cc2ncc(B3OC(C)(C)C(C)(C)O3)cn2)CC1.CCCCC(C)(CO)Nc1nc(N)nc2cc(-c3ccc(CN4CCN(C(=O)OC(C)(C)C)CC4)nc3)cnc12.CCCCC(C)(CO)Nc1nc(N)nc2cc(-c3ccc(CN4CCNCC4)nc3)cnc12. The van der Waals surface area contributed by atoms with Gasteiger partial charge in [-0.15, -0.1) is 0 Å². The third kappa shape index (κ3) is 21.7. The Kier molecular flexibility index (Phi) is 26.0. The van der Waals surface area contributed by atoms with Crippen molar-refractivity contribution in [1.82, 2.24) is 79.7 Å². The van der Waals surface area contributed by atoms with Crippen LogP contribution in [-0.2, 0) is 38.4 Å². The minimum absolute atomic E-state index is 0.0115. The van der Waals surface area contributed by atoms with E-state index in [-0.39, 0.29) is 48.5 Å². The number of nitrogens with one attached hydrogen (secondary N) is 3. The molecule has 0 saturated carbocycles. The molecule has 29 heteroatoms. The number of rotatable bonds is 21. The molecule has 0 aromatic carbocycles. The normalized spacial score (nSPS) is 17.9. The van der Waals surface area contributed by atoms with E-state index in [2.05, 4.69) is 106 Å². The molecule has 4 fully saturated rings. The van der Waals surface area contributed by atoms with Crippen molar-refractivity contribution in [3.05, 3.63) is 90.8 Å². The lowest BCUT2D eigenvalue weighted by Gasteiger charge is -2.35. The number of nitrogens with two attached hydrogens (primary N) is 2. The summed E-state index contributed by atoms with van der Waals surface area (Å²) in [5.41, 5.74) is 18.3. The molecule has 552 valence electrons. The Balaban J connectivity index is 0.000000180. The fraction of sp³-hybridized carbons (Fsp3) is 0.589. The van der Waals surface area contributed by atoms with E-state index < -0.39 is 29.4 Å². The van der Waals surface area contributed by atoms with Crippen molar-refractivity contribution < 1.29 is 38.6 Å². The van der Waals surface area contributed by atoms with Gasteiger partial charge in [-0.05, 0) is 120 Å². The van der Waals surface area contributed by atoms with Crippen molar-refractivity contribution in [3.8, 4) is 22.3 Å². The van der Waals surface area contributed by atoms with E-state index in [4.69, 9.17) is 30.2 Å². The number of carbonyl (C=O) groups is 2. The number of hydrogen-bond acceptors (Lipinski definition) is 26. The maximum atomic E-state index is 12.3. The van der Waals surface area contributed by atoms with E-state index in [1.807, 2.05) is 126 Å². The average Bonchev–Trinajstić information content (AvgIpc) is 1.40. The molecule has 9 N–H and O–H groups in total. The first-order valence-electron chi connectivity index (χ1n) is 35.9. The van der Waals surface area contributed by atoms with Crippen LogP contribution >= 0.6 is 0 Å². The smallest absolute Gasteiger partial charge is 0.444 e. The summed E-state index contributed by atoms with van der Waals surface area (Å²) in [6, 6.07) is 12.1. The maximum absolute atomic E-state index is 12.3. The molecule has 4 saturated heterocycles. The van der Waals surface area contributed by atoms with Gasteiger partial charge in [0.2, 0.25) is 11.9 Å². The van der Waals surface area contributed by atoms with Gasteiger partial charge in [0.25, 0.3) is 0 Å². The molecule has 28 nitrogen and oxygen atoms in total. The number of piperazine rings is 3. The van der Waals surface area contributed by atoms with Gasteiger partial charge in [-0.2, -0.15) is 9.97 Å². The molecule has 0 spiro atoms. The number of nitrogen functional groups attached to an aromatic ring is 2. The number of aliphatic hydroxyl groups excluding tert-OH is 2. The van der Waals surface area contributed by atoms with Crippen molar-refractivity contribution in [1.29, 1.82) is 0 Å². The van der Waals surface area contributed by atoms with E-state index in [1.165, 1.54) is 0 Å². The summed E-state index contributed by atoms with van der Waals surface area (Å²) in [4.78, 5) is 80.2. The molecule has 7 aromatic rings. The molecule has 11 heterocycles. The first-order valence-corrected chi connectivity index (χ1v) is 35.9. The molecule has 2 atom stereocenters. The summed E-state index contributed by atoms with van der Waals surface area (Å²) < 4.78 is 23.0. The van der Waals surface area contributed by atoms with Crippen LogP contribution in [0.4, 0.5) is 33.1 Å². The Bertz CT molecular complexity index is 3860. The summed E-state index contributed by atoms with van der Waals surface area (Å²) in [7, 11) is -0.452. The Labute approximate surface area is 601 Å². The summed E-state index contributed by atoms with van der Waals surface area (Å²) in [5.74, 6) is 2.12. The number of aromatic nitrogens is 10. The largest absolute Gasteiger partial charge is 0.498 e. The van der Waals surface area contributed by atoms with Crippen LogP contribution in [0.5, 0.6) is 0 Å². The number of carbonyl (C=O) groups excluding carboxylic acids is 2. The lowest BCUT2D eigenvalue weighted by atomic mass is 9.81. The lowest BCUT2D eigenvalue weighted by molar-refractivity contribution is 0.00578. The van der Waals surface area contributed by atoms with Gasteiger partial charge in [-0.3, -0.25) is 34.6 Å². The second kappa shape index (κ2) is 34.0. The molecule has 0 radical (unpaired) electrons. The third-order valence-corrected chi connectivity index (χ3v) is 18.8. The predicted molar refractivity (Wildman–Crippen MR) is 399 cm³/mol. The van der Waals surface area contributed by atoms with E-state index in [1.54, 1.807) is 28.4 Å². The number of fused-ring (bicyclic) bond motifs is 2. The van der Waals surface area contributed by atoms with Gasteiger partial charge in [0, 0.05) is 157 Å². The van der Waals surface area contributed by atoms with Crippen LogP contribution < -0.4 is 32.9 Å². The van der Waals surface area contributed by atoms with Crippen molar-refractivity contribution in [2.24, 2.45) is 0 Å². The molecule has 0 bridgehead atoms. The van der Waals surface area contributed by atoms with Crippen molar-refractivity contribution in [2.45, 2.75) is 189 Å². The van der Waals surface area contributed by atoms with E-state index in [0.29, 0.717) is 73.0 Å². The molecule has 2 amide bonds. The second-order valence-corrected chi connectivity index (χ2v) is 30.5. The maximum Gasteiger partial charge on any atom is 0.498 e. The number of nitrogens with zero attached hydrogens (tertiary/aromatic N) is 15. The minimum atomic E-state index is -0.536. The zero-order valence-electron chi connectivity index (χ0n) is 62.5. The van der Waals surface area contributed by atoms with Crippen LogP contribution in [0.3, 0.4) is 0 Å². The summed E-state index contributed by atoms with van der Waals surface area (Å²) in [6.07, 6.45) is 16.0. The molecule has 0 aliphatic carbocycles. The zero-order chi connectivity index (χ0) is 73.6. The monoisotopic (exact) mass is 1400 g/mol. The number of ether oxygens (including phenoxy) is 2. The van der Waals surface area contributed by atoms with Gasteiger partial charge in [0.15, 0.2) is 11.6 Å². The fourth-order valence-corrected chi connectivity index (χ4v) is 11.9. The van der Waals surface area contributed by atoms with Crippen LogP contribution in [0, 0.1) is 0 Å². The van der Waals surface area contributed by atoms with Crippen LogP contribution in [-0.4, -0.2) is 229 Å². The van der Waals surface area contributed by atoms with E-state index >= 15 is 0 Å².